The Balaban J connectivity index is 2.91. The molecule has 0 aliphatic heterocycles. The minimum absolute atomic E-state index is 0.381. The van der Waals surface area contributed by atoms with Gasteiger partial charge in [-0.3, -0.25) is 0 Å². The van der Waals surface area contributed by atoms with Crippen LogP contribution in [0.5, 0.6) is 0 Å². The van der Waals surface area contributed by atoms with Crippen molar-refractivity contribution in [2.75, 3.05) is 0 Å². The Hall–Kier alpha value is -1.27. The molecule has 25 heavy (non-hydrogen) atoms. The van der Waals surface area contributed by atoms with E-state index in [1.165, 1.54) is 33.4 Å². The van der Waals surface area contributed by atoms with E-state index in [-0.39, 0.29) is 0 Å². The van der Waals surface area contributed by atoms with E-state index < -0.39 is 0 Å². The van der Waals surface area contributed by atoms with E-state index in [4.69, 9.17) is 11.6 Å². The molecule has 0 atom stereocenters. The number of rotatable bonds is 5. The topological polar surface area (TPSA) is 0 Å². The second kappa shape index (κ2) is 7.96. The molecule has 135 valence electrons. The van der Waals surface area contributed by atoms with Gasteiger partial charge in [0.05, 0.1) is 0 Å². The zero-order valence-electron chi connectivity index (χ0n) is 17.0. The van der Waals surface area contributed by atoms with Crippen LogP contribution in [-0.2, 0) is 0 Å². The van der Waals surface area contributed by atoms with Crippen molar-refractivity contribution in [3.63, 3.8) is 0 Å². The highest BCUT2D eigenvalue weighted by Crippen LogP contribution is 2.44. The van der Waals surface area contributed by atoms with E-state index in [0.717, 1.165) is 5.02 Å². The maximum Gasteiger partial charge on any atom is 0.0490 e. The third-order valence-electron chi connectivity index (χ3n) is 4.89. The fourth-order valence-electron chi connectivity index (χ4n) is 3.43. The van der Waals surface area contributed by atoms with Crippen LogP contribution < -0.4 is 0 Å². The monoisotopic (exact) mass is 355 g/mol. The van der Waals surface area contributed by atoms with Crippen molar-refractivity contribution >= 4 is 11.6 Å². The lowest BCUT2D eigenvalue weighted by Gasteiger charge is -2.25. The summed E-state index contributed by atoms with van der Waals surface area (Å²) in [6, 6.07) is 12.5. The molecule has 0 bridgehead atoms. The van der Waals surface area contributed by atoms with Crippen molar-refractivity contribution in [2.24, 2.45) is 0 Å². The van der Waals surface area contributed by atoms with Gasteiger partial charge in [-0.25, -0.2) is 0 Å². The van der Waals surface area contributed by atoms with Crippen molar-refractivity contribution in [3.8, 4) is 11.1 Å². The first-order chi connectivity index (χ1) is 11.6. The highest BCUT2D eigenvalue weighted by molar-refractivity contribution is 6.33. The molecule has 2 aromatic rings. The van der Waals surface area contributed by atoms with Crippen molar-refractivity contribution in [1.29, 1.82) is 0 Å². The molecule has 0 N–H and O–H groups in total. The van der Waals surface area contributed by atoms with Crippen LogP contribution in [-0.4, -0.2) is 0 Å². The van der Waals surface area contributed by atoms with Crippen LogP contribution in [0, 0.1) is 6.07 Å². The number of hydrogen-bond donors (Lipinski definition) is 0. The Morgan fingerprint density at radius 1 is 0.720 bits per heavy atom. The van der Waals surface area contributed by atoms with Crippen LogP contribution >= 0.6 is 11.6 Å². The van der Waals surface area contributed by atoms with Gasteiger partial charge < -0.3 is 0 Å². The molecule has 0 aliphatic rings. The summed E-state index contributed by atoms with van der Waals surface area (Å²) in [6.07, 6.45) is 0. The van der Waals surface area contributed by atoms with Crippen molar-refractivity contribution < 1.29 is 0 Å². The predicted octanol–water partition coefficient (Wildman–Crippen LogP) is 8.30. The Kier molecular flexibility index (Phi) is 6.38. The summed E-state index contributed by atoms with van der Waals surface area (Å²) in [7, 11) is 0. The zero-order chi connectivity index (χ0) is 18.9. The van der Waals surface area contributed by atoms with Gasteiger partial charge in [-0.15, -0.1) is 0 Å². The van der Waals surface area contributed by atoms with Crippen LogP contribution in [0.3, 0.4) is 0 Å². The molecule has 2 aromatic carbocycles. The summed E-state index contributed by atoms with van der Waals surface area (Å²) in [5, 5.41) is 0.862. The van der Waals surface area contributed by atoms with E-state index in [1.54, 1.807) is 0 Å². The molecule has 1 radical (unpaired) electrons. The third-order valence-corrected chi connectivity index (χ3v) is 5.19. The largest absolute Gasteiger partial charge is 0.0836 e. The van der Waals surface area contributed by atoms with Gasteiger partial charge in [0.2, 0.25) is 0 Å². The molecule has 0 fully saturated rings. The average Bonchev–Trinajstić information content (AvgIpc) is 2.52. The first kappa shape index (κ1) is 20.0. The molecule has 0 aromatic heterocycles. The Bertz CT molecular complexity index is 710. The Morgan fingerprint density at radius 2 is 1.24 bits per heavy atom. The van der Waals surface area contributed by atoms with Crippen LogP contribution in [0.15, 0.2) is 24.3 Å². The summed E-state index contributed by atoms with van der Waals surface area (Å²) in [4.78, 5) is 0. The lowest BCUT2D eigenvalue weighted by molar-refractivity contribution is 0.821. The first-order valence-electron chi connectivity index (χ1n) is 9.53. The second-order valence-corrected chi connectivity index (χ2v) is 8.70. The summed E-state index contributed by atoms with van der Waals surface area (Å²) in [5.41, 5.74) is 7.71. The van der Waals surface area contributed by atoms with E-state index in [1.807, 2.05) is 0 Å². The molecule has 0 aliphatic carbocycles. The van der Waals surface area contributed by atoms with Gasteiger partial charge >= 0.3 is 0 Å². The molecular formula is C24H32Cl. The second-order valence-electron chi connectivity index (χ2n) is 8.29. The molecular weight excluding hydrogens is 324 g/mol. The lowest BCUT2D eigenvalue weighted by Crippen LogP contribution is -2.05. The van der Waals surface area contributed by atoms with E-state index in [9.17, 15) is 0 Å². The van der Waals surface area contributed by atoms with Crippen LogP contribution in [0.1, 0.15) is 101 Å². The summed E-state index contributed by atoms with van der Waals surface area (Å²) < 4.78 is 0. The molecule has 0 spiro atoms. The molecule has 0 unspecified atom stereocenters. The average molecular weight is 356 g/mol. The highest BCUT2D eigenvalue weighted by Gasteiger charge is 2.22. The molecule has 0 amide bonds. The van der Waals surface area contributed by atoms with Gasteiger partial charge in [0.1, 0.15) is 0 Å². The summed E-state index contributed by atoms with van der Waals surface area (Å²) in [5.74, 6) is 1.71. The SMILES string of the molecule is CC(C)c1[c]c(C(C)C)c(-c2c(C(C)C)cccc2C(C)C)c(Cl)c1. The quantitative estimate of drug-likeness (QED) is 0.505. The predicted molar refractivity (Wildman–Crippen MR) is 112 cm³/mol. The van der Waals surface area contributed by atoms with Crippen molar-refractivity contribution in [3.05, 3.63) is 57.6 Å². The highest BCUT2D eigenvalue weighted by atomic mass is 35.5. The molecule has 0 heterocycles. The third kappa shape index (κ3) is 4.11. The number of halogens is 1. The molecule has 0 saturated heterocycles. The molecule has 2 rings (SSSR count). The maximum atomic E-state index is 6.89. The van der Waals surface area contributed by atoms with E-state index in [2.05, 4.69) is 85.7 Å². The smallest absolute Gasteiger partial charge is 0.0490 e. The fraction of sp³-hybridized carbons (Fsp3) is 0.500. The minimum Gasteiger partial charge on any atom is -0.0836 e. The molecule has 1 heteroatoms. The molecule has 0 saturated carbocycles. The Labute approximate surface area is 159 Å². The fourth-order valence-corrected chi connectivity index (χ4v) is 3.74. The lowest BCUT2D eigenvalue weighted by atomic mass is 9.80. The Morgan fingerprint density at radius 3 is 1.64 bits per heavy atom. The van der Waals surface area contributed by atoms with Crippen LogP contribution in [0.25, 0.3) is 11.1 Å². The van der Waals surface area contributed by atoms with E-state index >= 15 is 0 Å². The number of hydrogen-bond acceptors (Lipinski definition) is 0. The normalized spacial score (nSPS) is 12.0. The van der Waals surface area contributed by atoms with Gasteiger partial charge in [0, 0.05) is 10.6 Å². The van der Waals surface area contributed by atoms with Crippen molar-refractivity contribution in [2.45, 2.75) is 79.1 Å². The van der Waals surface area contributed by atoms with Gasteiger partial charge in [0.25, 0.3) is 0 Å². The van der Waals surface area contributed by atoms with E-state index in [0.29, 0.717) is 23.7 Å². The maximum absolute atomic E-state index is 6.89. The standard InChI is InChI=1S/C24H32Cl/c1-14(2)18-12-21(17(7)8)24(22(25)13-18)23-19(15(3)4)10-9-11-20(23)16(5)6/h9-11,13-17H,1-8H3. The first-order valence-corrected chi connectivity index (χ1v) is 9.91. The summed E-state index contributed by atoms with van der Waals surface area (Å²) >= 11 is 6.89. The van der Waals surface area contributed by atoms with Gasteiger partial charge in [-0.1, -0.05) is 85.2 Å². The van der Waals surface area contributed by atoms with Crippen LogP contribution in [0.2, 0.25) is 5.02 Å². The van der Waals surface area contributed by atoms with Crippen molar-refractivity contribution in [1.82, 2.24) is 0 Å². The summed E-state index contributed by atoms with van der Waals surface area (Å²) in [6.45, 7) is 17.9. The van der Waals surface area contributed by atoms with Gasteiger partial charge in [0.15, 0.2) is 0 Å². The molecule has 0 nitrogen and oxygen atoms in total. The minimum atomic E-state index is 0.381. The van der Waals surface area contributed by atoms with Gasteiger partial charge in [-0.05, 0) is 63.6 Å². The van der Waals surface area contributed by atoms with Crippen LogP contribution in [0.4, 0.5) is 0 Å². The van der Waals surface area contributed by atoms with Gasteiger partial charge in [-0.2, -0.15) is 0 Å². The number of benzene rings is 2. The zero-order valence-corrected chi connectivity index (χ0v) is 17.8.